The first-order chi connectivity index (χ1) is 8.90. The van der Waals surface area contributed by atoms with Crippen LogP contribution < -0.4 is 5.73 Å². The van der Waals surface area contributed by atoms with Crippen LogP contribution in [0.25, 0.3) is 0 Å². The highest BCUT2D eigenvalue weighted by atomic mass is 32.2. The maximum atomic E-state index is 12.4. The fraction of sp³-hybridized carbons (Fsp3) is 0.571. The molecule has 0 spiro atoms. The van der Waals surface area contributed by atoms with E-state index in [-0.39, 0.29) is 11.8 Å². The molecule has 0 saturated heterocycles. The van der Waals surface area contributed by atoms with E-state index in [4.69, 9.17) is 5.73 Å². The molecule has 0 aliphatic heterocycles. The molecule has 0 radical (unpaired) electrons. The van der Waals surface area contributed by atoms with Gasteiger partial charge in [-0.15, -0.1) is 0 Å². The second-order valence-corrected chi connectivity index (χ2v) is 6.90. The van der Waals surface area contributed by atoms with E-state index in [0.29, 0.717) is 13.1 Å². The van der Waals surface area contributed by atoms with Crippen LogP contribution in [0.5, 0.6) is 0 Å². The third kappa shape index (κ3) is 4.60. The Morgan fingerprint density at radius 2 is 1.68 bits per heavy atom. The normalized spacial score (nSPS) is 12.3. The van der Waals surface area contributed by atoms with Gasteiger partial charge in [0.15, 0.2) is 0 Å². The Morgan fingerprint density at radius 3 is 2.11 bits per heavy atom. The predicted molar refractivity (Wildman–Crippen MR) is 79.1 cm³/mol. The summed E-state index contributed by atoms with van der Waals surface area (Å²) in [4.78, 5) is 0. The van der Waals surface area contributed by atoms with Crippen molar-refractivity contribution in [1.29, 1.82) is 0 Å². The zero-order valence-electron chi connectivity index (χ0n) is 12.0. The maximum Gasteiger partial charge on any atom is 0.218 e. The van der Waals surface area contributed by atoms with Gasteiger partial charge in [0.1, 0.15) is 0 Å². The van der Waals surface area contributed by atoms with Gasteiger partial charge in [-0.1, -0.05) is 31.2 Å². The molecule has 0 fully saturated rings. The van der Waals surface area contributed by atoms with E-state index in [1.807, 2.05) is 45.0 Å². The predicted octanol–water partition coefficient (Wildman–Crippen LogP) is 2.10. The van der Waals surface area contributed by atoms with Crippen molar-refractivity contribution in [3.8, 4) is 0 Å². The highest BCUT2D eigenvalue weighted by molar-refractivity contribution is 7.88. The number of hydrogen-bond donors (Lipinski definition) is 1. The molecule has 0 aromatic heterocycles. The molecule has 0 amide bonds. The molecule has 108 valence electrons. The molecule has 0 unspecified atom stereocenters. The highest BCUT2D eigenvalue weighted by Crippen LogP contribution is 2.15. The first-order valence-corrected chi connectivity index (χ1v) is 8.29. The van der Waals surface area contributed by atoms with Crippen molar-refractivity contribution < 1.29 is 8.42 Å². The summed E-state index contributed by atoms with van der Waals surface area (Å²) in [7, 11) is -3.25. The van der Waals surface area contributed by atoms with Crippen LogP contribution in [0.15, 0.2) is 24.3 Å². The van der Waals surface area contributed by atoms with Crippen molar-refractivity contribution in [3.63, 3.8) is 0 Å². The van der Waals surface area contributed by atoms with Gasteiger partial charge in [-0.05, 0) is 31.4 Å². The van der Waals surface area contributed by atoms with Gasteiger partial charge >= 0.3 is 0 Å². The van der Waals surface area contributed by atoms with Crippen LogP contribution in [-0.4, -0.2) is 25.3 Å². The second kappa shape index (κ2) is 7.03. The lowest BCUT2D eigenvalue weighted by Gasteiger charge is -2.25. The lowest BCUT2D eigenvalue weighted by atomic mass is 10.1. The summed E-state index contributed by atoms with van der Waals surface area (Å²) in [6.45, 7) is 6.85. The van der Waals surface area contributed by atoms with E-state index in [2.05, 4.69) is 0 Å². The Morgan fingerprint density at radius 1 is 1.16 bits per heavy atom. The molecule has 0 atom stereocenters. The molecule has 1 aromatic rings. The fourth-order valence-electron chi connectivity index (χ4n) is 2.00. The summed E-state index contributed by atoms with van der Waals surface area (Å²) in [5.74, 6) is 0.0516. The first kappa shape index (κ1) is 16.1. The van der Waals surface area contributed by atoms with E-state index in [1.54, 1.807) is 4.31 Å². The van der Waals surface area contributed by atoms with Gasteiger partial charge in [-0.2, -0.15) is 4.31 Å². The second-order valence-electron chi connectivity index (χ2n) is 4.98. The zero-order chi connectivity index (χ0) is 14.5. The van der Waals surface area contributed by atoms with Crippen molar-refractivity contribution in [2.75, 3.05) is 6.54 Å². The Kier molecular flexibility index (Phi) is 5.97. The van der Waals surface area contributed by atoms with E-state index in [0.717, 1.165) is 17.5 Å². The van der Waals surface area contributed by atoms with Crippen LogP contribution in [0.2, 0.25) is 0 Å². The van der Waals surface area contributed by atoms with E-state index in [9.17, 15) is 8.42 Å². The zero-order valence-corrected chi connectivity index (χ0v) is 12.8. The van der Waals surface area contributed by atoms with Crippen LogP contribution in [0.4, 0.5) is 0 Å². The van der Waals surface area contributed by atoms with E-state index < -0.39 is 10.0 Å². The van der Waals surface area contributed by atoms with Crippen LogP contribution in [0.1, 0.15) is 38.3 Å². The van der Waals surface area contributed by atoms with Crippen LogP contribution in [0, 0.1) is 0 Å². The smallest absolute Gasteiger partial charge is 0.218 e. The summed E-state index contributed by atoms with van der Waals surface area (Å²) >= 11 is 0. The Hall–Kier alpha value is -0.910. The quantitative estimate of drug-likeness (QED) is 0.834. The van der Waals surface area contributed by atoms with Gasteiger partial charge in [-0.25, -0.2) is 8.42 Å². The number of rotatable bonds is 7. The third-order valence-corrected chi connectivity index (χ3v) is 5.00. The minimum absolute atomic E-state index is 0.00624. The number of benzene rings is 1. The molecule has 5 heteroatoms. The minimum atomic E-state index is -3.25. The molecule has 19 heavy (non-hydrogen) atoms. The third-order valence-electron chi connectivity index (χ3n) is 2.98. The first-order valence-electron chi connectivity index (χ1n) is 6.68. The number of sulfonamides is 1. The standard InChI is InChI=1S/C14H24N2O2S/c1-4-9-16(12(2)3)19(17,18)11-14-7-5-13(10-15)6-8-14/h5-8,12H,4,9-11,15H2,1-3H3. The summed E-state index contributed by atoms with van der Waals surface area (Å²) in [5.41, 5.74) is 7.34. The van der Waals surface area contributed by atoms with Gasteiger partial charge in [-0.3, -0.25) is 0 Å². The molecule has 2 N–H and O–H groups in total. The fourth-order valence-corrected chi connectivity index (χ4v) is 3.89. The minimum Gasteiger partial charge on any atom is -0.326 e. The molecule has 1 rings (SSSR count). The summed E-state index contributed by atoms with van der Waals surface area (Å²) < 4.78 is 26.3. The highest BCUT2D eigenvalue weighted by Gasteiger charge is 2.24. The topological polar surface area (TPSA) is 63.4 Å². The SMILES string of the molecule is CCCN(C(C)C)S(=O)(=O)Cc1ccc(CN)cc1. The monoisotopic (exact) mass is 284 g/mol. The summed E-state index contributed by atoms with van der Waals surface area (Å²) in [5, 5.41) is 0. The molecule has 1 aromatic carbocycles. The van der Waals surface area contributed by atoms with Gasteiger partial charge < -0.3 is 5.73 Å². The van der Waals surface area contributed by atoms with Crippen molar-refractivity contribution in [2.24, 2.45) is 5.73 Å². The van der Waals surface area contributed by atoms with Gasteiger partial charge in [0.2, 0.25) is 10.0 Å². The van der Waals surface area contributed by atoms with Gasteiger partial charge in [0, 0.05) is 19.1 Å². The molecule has 0 bridgehead atoms. The molecule has 0 aliphatic rings. The van der Waals surface area contributed by atoms with Crippen molar-refractivity contribution in [1.82, 2.24) is 4.31 Å². The van der Waals surface area contributed by atoms with Crippen LogP contribution in [0.3, 0.4) is 0 Å². The maximum absolute atomic E-state index is 12.4. The Labute approximate surface area is 116 Å². The van der Waals surface area contributed by atoms with Crippen molar-refractivity contribution in [2.45, 2.75) is 45.5 Å². The Bertz CT molecular complexity index is 481. The molecular formula is C14H24N2O2S. The number of nitrogens with zero attached hydrogens (tertiary/aromatic N) is 1. The molecule has 0 saturated carbocycles. The van der Waals surface area contributed by atoms with E-state index >= 15 is 0 Å². The number of nitrogens with two attached hydrogens (primary N) is 1. The van der Waals surface area contributed by atoms with Crippen LogP contribution >= 0.6 is 0 Å². The Balaban J connectivity index is 2.87. The average molecular weight is 284 g/mol. The van der Waals surface area contributed by atoms with Crippen molar-refractivity contribution >= 4 is 10.0 Å². The van der Waals surface area contributed by atoms with Crippen LogP contribution in [-0.2, 0) is 22.3 Å². The lowest BCUT2D eigenvalue weighted by molar-refractivity contribution is 0.353. The lowest BCUT2D eigenvalue weighted by Crippen LogP contribution is -2.38. The summed E-state index contributed by atoms with van der Waals surface area (Å²) in [6, 6.07) is 7.43. The largest absolute Gasteiger partial charge is 0.326 e. The molecule has 0 heterocycles. The van der Waals surface area contributed by atoms with E-state index in [1.165, 1.54) is 0 Å². The molecule has 0 aliphatic carbocycles. The molecular weight excluding hydrogens is 260 g/mol. The number of hydrogen-bond acceptors (Lipinski definition) is 3. The molecule has 4 nitrogen and oxygen atoms in total. The van der Waals surface area contributed by atoms with Crippen molar-refractivity contribution in [3.05, 3.63) is 35.4 Å². The average Bonchev–Trinajstić information content (AvgIpc) is 2.35. The van der Waals surface area contributed by atoms with Gasteiger partial charge in [0.05, 0.1) is 5.75 Å². The van der Waals surface area contributed by atoms with Gasteiger partial charge in [0.25, 0.3) is 0 Å². The summed E-state index contributed by atoms with van der Waals surface area (Å²) in [6.07, 6.45) is 0.823.